The van der Waals surface area contributed by atoms with E-state index in [1.807, 2.05) is 38.1 Å². The molecule has 0 aromatic heterocycles. The second-order valence-corrected chi connectivity index (χ2v) is 7.96. The number of hydrogen-bond donors (Lipinski definition) is 2. The number of carbonyl (C=O) groups excluding carboxylic acids is 2. The summed E-state index contributed by atoms with van der Waals surface area (Å²) in [4.78, 5) is 24.5. The van der Waals surface area contributed by atoms with Crippen LogP contribution in [0.3, 0.4) is 0 Å². The van der Waals surface area contributed by atoms with Gasteiger partial charge in [-0.05, 0) is 67.4 Å². The predicted molar refractivity (Wildman–Crippen MR) is 134 cm³/mol. The van der Waals surface area contributed by atoms with E-state index >= 15 is 0 Å². The van der Waals surface area contributed by atoms with Gasteiger partial charge in [0, 0.05) is 10.7 Å². The first kappa shape index (κ1) is 25.1. The standard InChI is InChI=1S/C25H23Cl2N3O4/c1-3-33-23-12-17(14-28-30-25(32)19-10-9-18(26)13-20(19)27)8-11-22(23)34-15-24(31)29-21-7-5-4-6-16(21)2/h4-14H,3,15H2,1-2H3,(H,29,31)(H,30,32)/b28-14-. The summed E-state index contributed by atoms with van der Waals surface area (Å²) < 4.78 is 11.3. The number of para-hydroxylation sites is 1. The van der Waals surface area contributed by atoms with Crippen molar-refractivity contribution in [2.24, 2.45) is 5.10 Å². The average molecular weight is 500 g/mol. The zero-order valence-corrected chi connectivity index (χ0v) is 20.1. The number of hydrogen-bond acceptors (Lipinski definition) is 5. The first-order valence-electron chi connectivity index (χ1n) is 10.4. The van der Waals surface area contributed by atoms with Gasteiger partial charge in [0.2, 0.25) is 0 Å². The van der Waals surface area contributed by atoms with E-state index in [0.29, 0.717) is 28.7 Å². The highest BCUT2D eigenvalue weighted by Gasteiger charge is 2.11. The molecular formula is C25H23Cl2N3O4. The zero-order chi connectivity index (χ0) is 24.5. The van der Waals surface area contributed by atoms with Crippen LogP contribution in [0.2, 0.25) is 10.0 Å². The molecule has 0 bridgehead atoms. The van der Waals surface area contributed by atoms with Crippen LogP contribution in [0.15, 0.2) is 65.8 Å². The second kappa shape index (κ2) is 12.1. The van der Waals surface area contributed by atoms with E-state index < -0.39 is 5.91 Å². The van der Waals surface area contributed by atoms with Crippen molar-refractivity contribution in [2.75, 3.05) is 18.5 Å². The molecule has 3 rings (SSSR count). The number of nitrogens with one attached hydrogen (secondary N) is 2. The Hall–Kier alpha value is -3.55. The second-order valence-electron chi connectivity index (χ2n) is 7.11. The number of carbonyl (C=O) groups is 2. The largest absolute Gasteiger partial charge is 0.490 e. The molecule has 0 saturated carbocycles. The van der Waals surface area contributed by atoms with Gasteiger partial charge in [0.05, 0.1) is 23.4 Å². The molecule has 9 heteroatoms. The molecule has 2 amide bonds. The summed E-state index contributed by atoms with van der Waals surface area (Å²) in [5.74, 6) is 0.103. The Bertz CT molecular complexity index is 1210. The summed E-state index contributed by atoms with van der Waals surface area (Å²) >= 11 is 11.9. The van der Waals surface area contributed by atoms with Gasteiger partial charge in [0.1, 0.15) is 0 Å². The molecule has 0 spiro atoms. The van der Waals surface area contributed by atoms with Crippen molar-refractivity contribution in [1.29, 1.82) is 0 Å². The zero-order valence-electron chi connectivity index (χ0n) is 18.6. The van der Waals surface area contributed by atoms with Crippen LogP contribution in [0.25, 0.3) is 0 Å². The monoisotopic (exact) mass is 499 g/mol. The number of amides is 2. The predicted octanol–water partition coefficient (Wildman–Crippen LogP) is 5.48. The fourth-order valence-electron chi connectivity index (χ4n) is 2.93. The topological polar surface area (TPSA) is 89.0 Å². The maximum absolute atomic E-state index is 12.3. The van der Waals surface area contributed by atoms with Crippen LogP contribution in [0, 0.1) is 6.92 Å². The Morgan fingerprint density at radius 1 is 1.00 bits per heavy atom. The van der Waals surface area contributed by atoms with Crippen molar-refractivity contribution in [3.63, 3.8) is 0 Å². The number of aryl methyl sites for hydroxylation is 1. The lowest BCUT2D eigenvalue weighted by Crippen LogP contribution is -2.20. The van der Waals surface area contributed by atoms with Crippen molar-refractivity contribution in [3.8, 4) is 11.5 Å². The summed E-state index contributed by atoms with van der Waals surface area (Å²) in [7, 11) is 0. The van der Waals surface area contributed by atoms with Crippen LogP contribution in [-0.2, 0) is 4.79 Å². The number of rotatable bonds is 9. The summed E-state index contributed by atoms with van der Waals surface area (Å²) in [6, 6.07) is 17.2. The first-order valence-corrected chi connectivity index (χ1v) is 11.2. The van der Waals surface area contributed by atoms with E-state index in [0.717, 1.165) is 11.3 Å². The highest BCUT2D eigenvalue weighted by atomic mass is 35.5. The molecular weight excluding hydrogens is 477 g/mol. The van der Waals surface area contributed by atoms with E-state index in [1.54, 1.807) is 24.3 Å². The van der Waals surface area contributed by atoms with Gasteiger partial charge in [-0.2, -0.15) is 5.10 Å². The van der Waals surface area contributed by atoms with Crippen molar-refractivity contribution in [2.45, 2.75) is 13.8 Å². The third-order valence-corrected chi connectivity index (χ3v) is 5.15. The fraction of sp³-hybridized carbons (Fsp3) is 0.160. The summed E-state index contributed by atoms with van der Waals surface area (Å²) in [5.41, 5.74) is 5.02. The first-order chi connectivity index (χ1) is 16.4. The molecule has 0 aliphatic heterocycles. The number of halogens is 2. The molecule has 2 N–H and O–H groups in total. The van der Waals surface area contributed by atoms with Gasteiger partial charge in [0.15, 0.2) is 18.1 Å². The Kier molecular flexibility index (Phi) is 8.90. The van der Waals surface area contributed by atoms with Gasteiger partial charge in [-0.15, -0.1) is 0 Å². The number of benzene rings is 3. The Morgan fingerprint density at radius 2 is 1.79 bits per heavy atom. The molecule has 7 nitrogen and oxygen atoms in total. The summed E-state index contributed by atoms with van der Waals surface area (Å²) in [6.45, 7) is 3.97. The SMILES string of the molecule is CCOc1cc(/C=N\NC(=O)c2ccc(Cl)cc2Cl)ccc1OCC(=O)Nc1ccccc1C. The molecule has 0 radical (unpaired) electrons. The van der Waals surface area contributed by atoms with Crippen molar-refractivity contribution in [3.05, 3.63) is 87.4 Å². The van der Waals surface area contributed by atoms with Gasteiger partial charge in [-0.3, -0.25) is 9.59 Å². The van der Waals surface area contributed by atoms with E-state index in [-0.39, 0.29) is 23.1 Å². The minimum Gasteiger partial charge on any atom is -0.490 e. The summed E-state index contributed by atoms with van der Waals surface area (Å²) in [6.07, 6.45) is 1.46. The molecule has 0 fully saturated rings. The Balaban J connectivity index is 1.62. The van der Waals surface area contributed by atoms with Gasteiger partial charge >= 0.3 is 0 Å². The van der Waals surface area contributed by atoms with Crippen molar-refractivity contribution in [1.82, 2.24) is 5.43 Å². The maximum Gasteiger partial charge on any atom is 0.272 e. The van der Waals surface area contributed by atoms with Crippen LogP contribution < -0.4 is 20.2 Å². The normalized spacial score (nSPS) is 10.7. The maximum atomic E-state index is 12.3. The fourth-order valence-corrected chi connectivity index (χ4v) is 3.43. The third kappa shape index (κ3) is 6.97. The lowest BCUT2D eigenvalue weighted by molar-refractivity contribution is -0.118. The number of anilines is 1. The van der Waals surface area contributed by atoms with Crippen molar-refractivity contribution < 1.29 is 19.1 Å². The van der Waals surface area contributed by atoms with E-state index in [1.165, 1.54) is 18.3 Å². The lowest BCUT2D eigenvalue weighted by atomic mass is 10.2. The smallest absolute Gasteiger partial charge is 0.272 e. The third-order valence-electron chi connectivity index (χ3n) is 4.60. The molecule has 0 aliphatic carbocycles. The molecule has 0 atom stereocenters. The molecule has 0 aliphatic rings. The number of hydrazone groups is 1. The minimum absolute atomic E-state index is 0.181. The highest BCUT2D eigenvalue weighted by Crippen LogP contribution is 2.28. The van der Waals surface area contributed by atoms with E-state index in [4.69, 9.17) is 32.7 Å². The molecule has 176 valence electrons. The molecule has 34 heavy (non-hydrogen) atoms. The Labute approximate surface area is 207 Å². The number of nitrogens with zero attached hydrogens (tertiary/aromatic N) is 1. The highest BCUT2D eigenvalue weighted by molar-refractivity contribution is 6.36. The van der Waals surface area contributed by atoms with Crippen LogP contribution in [-0.4, -0.2) is 31.2 Å². The average Bonchev–Trinajstić information content (AvgIpc) is 2.80. The number of ether oxygens (including phenoxy) is 2. The van der Waals surface area contributed by atoms with Crippen LogP contribution in [0.5, 0.6) is 11.5 Å². The lowest BCUT2D eigenvalue weighted by Gasteiger charge is -2.13. The molecule has 0 heterocycles. The van der Waals surface area contributed by atoms with Gasteiger partial charge < -0.3 is 14.8 Å². The van der Waals surface area contributed by atoms with Crippen LogP contribution >= 0.6 is 23.2 Å². The van der Waals surface area contributed by atoms with Gasteiger partial charge in [-0.25, -0.2) is 5.43 Å². The molecule has 0 saturated heterocycles. The van der Waals surface area contributed by atoms with Gasteiger partial charge in [-0.1, -0.05) is 41.4 Å². The molecule has 0 unspecified atom stereocenters. The quantitative estimate of drug-likeness (QED) is 0.301. The van der Waals surface area contributed by atoms with E-state index in [9.17, 15) is 9.59 Å². The van der Waals surface area contributed by atoms with Crippen LogP contribution in [0.1, 0.15) is 28.4 Å². The van der Waals surface area contributed by atoms with Crippen LogP contribution in [0.4, 0.5) is 5.69 Å². The molecule has 3 aromatic carbocycles. The minimum atomic E-state index is -0.470. The van der Waals surface area contributed by atoms with Crippen molar-refractivity contribution >= 4 is 46.9 Å². The Morgan fingerprint density at radius 3 is 2.53 bits per heavy atom. The molecule has 3 aromatic rings. The van der Waals surface area contributed by atoms with E-state index in [2.05, 4.69) is 15.8 Å². The van der Waals surface area contributed by atoms with Gasteiger partial charge in [0.25, 0.3) is 11.8 Å². The summed E-state index contributed by atoms with van der Waals surface area (Å²) in [5, 5.41) is 7.45.